The zero-order chi connectivity index (χ0) is 10.7. The molecule has 0 amide bonds. The van der Waals surface area contributed by atoms with Gasteiger partial charge in [0.1, 0.15) is 11.8 Å². The van der Waals surface area contributed by atoms with E-state index < -0.39 is 18.2 Å². The molecular formula is C9H9ClF2N2O. The van der Waals surface area contributed by atoms with Crippen LogP contribution in [0.5, 0.6) is 5.75 Å². The van der Waals surface area contributed by atoms with Crippen LogP contribution >= 0.6 is 12.4 Å². The van der Waals surface area contributed by atoms with Crippen LogP contribution in [0.2, 0.25) is 0 Å². The van der Waals surface area contributed by atoms with Crippen LogP contribution in [0, 0.1) is 11.3 Å². The summed E-state index contributed by atoms with van der Waals surface area (Å²) in [6.45, 7) is 0. The molecule has 0 aliphatic carbocycles. The molecule has 0 aliphatic heterocycles. The van der Waals surface area contributed by atoms with Gasteiger partial charge in [0.25, 0.3) is 6.43 Å². The summed E-state index contributed by atoms with van der Waals surface area (Å²) in [5, 5.41) is 17.9. The molecule has 0 heterocycles. The number of nitrogens with two attached hydrogens (primary N) is 1. The lowest BCUT2D eigenvalue weighted by molar-refractivity contribution is 0.115. The van der Waals surface area contributed by atoms with Crippen molar-refractivity contribution in [2.75, 3.05) is 0 Å². The Kier molecular flexibility index (Phi) is 4.98. The Morgan fingerprint density at radius 2 is 2.00 bits per heavy atom. The van der Waals surface area contributed by atoms with Crippen LogP contribution in [0.3, 0.4) is 0 Å². The van der Waals surface area contributed by atoms with Crippen LogP contribution in [-0.2, 0) is 0 Å². The molecule has 0 radical (unpaired) electrons. The second-order valence-corrected chi connectivity index (χ2v) is 2.72. The first kappa shape index (κ1) is 13.6. The van der Waals surface area contributed by atoms with Crippen LogP contribution in [0.4, 0.5) is 8.78 Å². The van der Waals surface area contributed by atoms with Gasteiger partial charge in [-0.3, -0.25) is 0 Å². The molecule has 15 heavy (non-hydrogen) atoms. The molecule has 82 valence electrons. The van der Waals surface area contributed by atoms with E-state index in [2.05, 4.69) is 0 Å². The van der Waals surface area contributed by atoms with Crippen LogP contribution in [0.15, 0.2) is 18.2 Å². The van der Waals surface area contributed by atoms with Gasteiger partial charge in [-0.2, -0.15) is 5.26 Å². The molecule has 0 fully saturated rings. The Hall–Kier alpha value is -1.38. The lowest BCUT2D eigenvalue weighted by Crippen LogP contribution is -2.19. The number of aromatic hydroxyl groups is 1. The largest absolute Gasteiger partial charge is 0.506 e. The molecule has 0 bridgehead atoms. The number of rotatable bonds is 2. The normalized spacial score (nSPS) is 11.7. The first-order valence-corrected chi connectivity index (χ1v) is 3.83. The SMILES string of the molecule is Cl.N#Cc1cccc([C@H](N)C(F)F)c1O. The fourth-order valence-corrected chi connectivity index (χ4v) is 1.06. The van der Waals surface area contributed by atoms with Gasteiger partial charge in [0.2, 0.25) is 0 Å². The van der Waals surface area contributed by atoms with E-state index in [-0.39, 0.29) is 23.5 Å². The van der Waals surface area contributed by atoms with E-state index in [0.29, 0.717) is 0 Å². The average molecular weight is 235 g/mol. The topological polar surface area (TPSA) is 70.0 Å². The summed E-state index contributed by atoms with van der Waals surface area (Å²) in [4.78, 5) is 0. The molecule has 1 aromatic carbocycles. The Morgan fingerprint density at radius 3 is 2.47 bits per heavy atom. The van der Waals surface area contributed by atoms with Gasteiger partial charge >= 0.3 is 0 Å². The molecule has 0 spiro atoms. The van der Waals surface area contributed by atoms with E-state index in [1.54, 1.807) is 6.07 Å². The Morgan fingerprint density at radius 1 is 1.40 bits per heavy atom. The van der Waals surface area contributed by atoms with Crippen molar-refractivity contribution in [3.8, 4) is 11.8 Å². The maximum Gasteiger partial charge on any atom is 0.257 e. The summed E-state index contributed by atoms with van der Waals surface area (Å²) in [6.07, 6.45) is -2.77. The lowest BCUT2D eigenvalue weighted by Gasteiger charge is -2.12. The molecule has 3 nitrogen and oxygen atoms in total. The number of hydrogen-bond acceptors (Lipinski definition) is 3. The highest BCUT2D eigenvalue weighted by Crippen LogP contribution is 2.29. The number of benzene rings is 1. The number of phenolic OH excluding ortho intramolecular Hbond substituents is 1. The van der Waals surface area contributed by atoms with Crippen molar-refractivity contribution in [1.29, 1.82) is 5.26 Å². The number of para-hydroxylation sites is 1. The van der Waals surface area contributed by atoms with Crippen molar-refractivity contribution in [2.45, 2.75) is 12.5 Å². The van der Waals surface area contributed by atoms with Crippen LogP contribution in [0.1, 0.15) is 17.2 Å². The zero-order valence-electron chi connectivity index (χ0n) is 7.52. The average Bonchev–Trinajstić information content (AvgIpc) is 2.17. The number of halogens is 3. The van der Waals surface area contributed by atoms with Crippen LogP contribution in [-0.4, -0.2) is 11.5 Å². The van der Waals surface area contributed by atoms with E-state index in [9.17, 15) is 13.9 Å². The standard InChI is InChI=1S/C9H8F2N2O.ClH/c10-9(11)7(13)6-3-1-2-5(4-12)8(6)14;/h1-3,7,9,14H,13H2;1H/t7-;/m0./s1. The molecule has 6 heteroatoms. The third kappa shape index (κ3) is 2.78. The number of alkyl halides is 2. The van der Waals surface area contributed by atoms with Gasteiger partial charge in [-0.05, 0) is 6.07 Å². The van der Waals surface area contributed by atoms with Crippen molar-refractivity contribution in [3.63, 3.8) is 0 Å². The third-order valence-corrected chi connectivity index (χ3v) is 1.82. The predicted octanol–water partition coefficient (Wildman–Crippen LogP) is 1.95. The molecule has 0 unspecified atom stereocenters. The molecule has 0 aromatic heterocycles. The second kappa shape index (κ2) is 5.49. The van der Waals surface area contributed by atoms with Crippen molar-refractivity contribution in [1.82, 2.24) is 0 Å². The van der Waals surface area contributed by atoms with E-state index >= 15 is 0 Å². The summed E-state index contributed by atoms with van der Waals surface area (Å²) in [7, 11) is 0. The number of phenols is 1. The van der Waals surface area contributed by atoms with Gasteiger partial charge in [0.15, 0.2) is 0 Å². The lowest BCUT2D eigenvalue weighted by atomic mass is 10.0. The van der Waals surface area contributed by atoms with E-state index in [1.807, 2.05) is 0 Å². The predicted molar refractivity (Wildman–Crippen MR) is 53.0 cm³/mol. The van der Waals surface area contributed by atoms with Gasteiger partial charge in [-0.15, -0.1) is 12.4 Å². The van der Waals surface area contributed by atoms with Crippen molar-refractivity contribution in [3.05, 3.63) is 29.3 Å². The van der Waals surface area contributed by atoms with Gasteiger partial charge in [-0.1, -0.05) is 12.1 Å². The quantitative estimate of drug-likeness (QED) is 0.822. The Bertz CT molecular complexity index is 379. The van der Waals surface area contributed by atoms with Gasteiger partial charge < -0.3 is 10.8 Å². The minimum Gasteiger partial charge on any atom is -0.506 e. The summed E-state index contributed by atoms with van der Waals surface area (Å²) < 4.78 is 24.4. The molecule has 1 atom stereocenters. The van der Waals surface area contributed by atoms with E-state index in [0.717, 1.165) is 0 Å². The van der Waals surface area contributed by atoms with Gasteiger partial charge in [0, 0.05) is 5.56 Å². The fraction of sp³-hybridized carbons (Fsp3) is 0.222. The van der Waals surface area contributed by atoms with Crippen LogP contribution in [0.25, 0.3) is 0 Å². The third-order valence-electron chi connectivity index (χ3n) is 1.82. The maximum absolute atomic E-state index is 12.2. The Balaban J connectivity index is 0.00000196. The maximum atomic E-state index is 12.2. The molecule has 1 aromatic rings. The van der Waals surface area contributed by atoms with Crippen LogP contribution < -0.4 is 5.73 Å². The summed E-state index contributed by atoms with van der Waals surface area (Å²) in [5.41, 5.74) is 4.97. The highest BCUT2D eigenvalue weighted by molar-refractivity contribution is 5.85. The van der Waals surface area contributed by atoms with Crippen molar-refractivity contribution in [2.24, 2.45) is 5.73 Å². The second-order valence-electron chi connectivity index (χ2n) is 2.72. The fourth-order valence-electron chi connectivity index (χ4n) is 1.06. The highest BCUT2D eigenvalue weighted by atomic mass is 35.5. The minimum atomic E-state index is -2.77. The Labute approximate surface area is 91.5 Å². The zero-order valence-corrected chi connectivity index (χ0v) is 8.34. The summed E-state index contributed by atoms with van der Waals surface area (Å²) in [5.74, 6) is -0.470. The first-order valence-electron chi connectivity index (χ1n) is 3.83. The number of nitriles is 1. The molecule has 0 saturated heterocycles. The number of nitrogens with zero attached hydrogens (tertiary/aromatic N) is 1. The monoisotopic (exact) mass is 234 g/mol. The number of hydrogen-bond donors (Lipinski definition) is 2. The minimum absolute atomic E-state index is 0. The first-order chi connectivity index (χ1) is 6.57. The smallest absolute Gasteiger partial charge is 0.257 e. The molecule has 0 saturated carbocycles. The van der Waals surface area contributed by atoms with Gasteiger partial charge in [-0.25, -0.2) is 8.78 Å². The molecule has 3 N–H and O–H groups in total. The van der Waals surface area contributed by atoms with E-state index in [4.69, 9.17) is 11.0 Å². The van der Waals surface area contributed by atoms with E-state index in [1.165, 1.54) is 18.2 Å². The molecular weight excluding hydrogens is 226 g/mol. The van der Waals surface area contributed by atoms with Gasteiger partial charge in [0.05, 0.1) is 11.6 Å². The van der Waals surface area contributed by atoms with Crippen molar-refractivity contribution >= 4 is 12.4 Å². The summed E-state index contributed by atoms with van der Waals surface area (Å²) in [6, 6.07) is 4.11. The molecule has 0 aliphatic rings. The summed E-state index contributed by atoms with van der Waals surface area (Å²) >= 11 is 0. The molecule has 1 rings (SSSR count). The highest BCUT2D eigenvalue weighted by Gasteiger charge is 2.21. The van der Waals surface area contributed by atoms with Crippen molar-refractivity contribution < 1.29 is 13.9 Å².